The molecule has 0 radical (unpaired) electrons. The summed E-state index contributed by atoms with van der Waals surface area (Å²) in [5, 5.41) is 10.6. The third-order valence-corrected chi connectivity index (χ3v) is 3.42. The Balaban J connectivity index is 0. The first kappa shape index (κ1) is 23.3. The summed E-state index contributed by atoms with van der Waals surface area (Å²) < 4.78 is 2.48. The van der Waals surface area contributed by atoms with Crippen LogP contribution in [-0.4, -0.2) is 27.3 Å². The normalized spacial score (nSPS) is 9.00. The molecule has 0 unspecified atom stereocenters. The Morgan fingerprint density at radius 3 is 2.14 bits per heavy atom. The van der Waals surface area contributed by atoms with Crippen molar-refractivity contribution < 1.29 is 55.2 Å². The monoisotopic (exact) mass is 379 g/mol. The van der Waals surface area contributed by atoms with Gasteiger partial charge in [0.1, 0.15) is 0 Å². The number of carbonyl (C=O) groups excluding carboxylic acids is 2. The molecule has 2 aromatic rings. The van der Waals surface area contributed by atoms with Gasteiger partial charge in [0.15, 0.2) is 0 Å². The number of aromatic nitrogens is 1. The van der Waals surface area contributed by atoms with E-state index in [1.807, 2.05) is 0 Å². The predicted octanol–water partition coefficient (Wildman–Crippen LogP) is -3.33. The van der Waals surface area contributed by atoms with Crippen molar-refractivity contribution in [3.63, 3.8) is 0 Å². The Bertz CT molecular complexity index is 639. The van der Waals surface area contributed by atoms with Gasteiger partial charge in [-0.1, -0.05) is 15.9 Å². The average molecular weight is 380 g/mol. The maximum absolute atomic E-state index is 12.3. The largest absolute Gasteiger partial charge is 1.00 e. The van der Waals surface area contributed by atoms with Crippen molar-refractivity contribution in [1.82, 2.24) is 4.57 Å². The smallest absolute Gasteiger partial charge is 0.550 e. The number of nitrogens with zero attached hydrogens (tertiary/aromatic N) is 1. The number of halogens is 1. The zero-order valence-corrected chi connectivity index (χ0v) is 15.8. The van der Waals surface area contributed by atoms with E-state index in [0.717, 1.165) is 4.47 Å². The molecule has 0 fully saturated rings. The molecule has 0 bridgehead atoms. The molecule has 0 spiro atoms. The van der Waals surface area contributed by atoms with Gasteiger partial charge in [0.25, 0.3) is 0 Å². The van der Waals surface area contributed by atoms with Crippen LogP contribution in [0.3, 0.4) is 0 Å². The Hall–Kier alpha value is -0.960. The molecule has 0 aliphatic carbocycles. The van der Waals surface area contributed by atoms with Crippen LogP contribution in [-0.2, 0) is 18.3 Å². The second-order valence-corrected chi connectivity index (χ2v) is 5.07. The van der Waals surface area contributed by atoms with Crippen molar-refractivity contribution in [3.05, 3.63) is 57.8 Å². The van der Waals surface area contributed by atoms with Crippen molar-refractivity contribution in [2.45, 2.75) is 6.42 Å². The molecule has 0 saturated heterocycles. The zero-order chi connectivity index (χ0) is 14.0. The molecule has 22 heavy (non-hydrogen) atoms. The Labute approximate surface area is 158 Å². The van der Waals surface area contributed by atoms with Crippen LogP contribution >= 0.6 is 15.9 Å². The fraction of sp³-hybridized carbons (Fsp3) is 0.143. The number of hydrogen-bond acceptors (Lipinski definition) is 3. The van der Waals surface area contributed by atoms with E-state index in [2.05, 4.69) is 15.9 Å². The molecule has 0 amide bonds. The van der Waals surface area contributed by atoms with Gasteiger partial charge >= 0.3 is 29.6 Å². The zero-order valence-electron chi connectivity index (χ0n) is 12.2. The Kier molecular flexibility index (Phi) is 10.5. The maximum Gasteiger partial charge on any atom is 1.00 e. The maximum atomic E-state index is 12.3. The van der Waals surface area contributed by atoms with Crippen LogP contribution in [0.25, 0.3) is 0 Å². The molecule has 0 aliphatic rings. The number of ketones is 1. The SMILES string of the molecule is Cn1c(CC(=O)[O-])ccc1C(=O)c1ccc(Br)cc1.O.O.[Na+]. The summed E-state index contributed by atoms with van der Waals surface area (Å²) in [6.07, 6.45) is -0.204. The van der Waals surface area contributed by atoms with Crippen LogP contribution in [0.5, 0.6) is 0 Å². The van der Waals surface area contributed by atoms with Gasteiger partial charge in [0.05, 0.1) is 5.69 Å². The molecule has 1 heterocycles. The second-order valence-electron chi connectivity index (χ2n) is 4.15. The van der Waals surface area contributed by atoms with Crippen LogP contribution in [0, 0.1) is 0 Å². The average Bonchev–Trinajstić information content (AvgIpc) is 2.70. The number of carbonyl (C=O) groups is 2. The van der Waals surface area contributed by atoms with E-state index < -0.39 is 5.97 Å². The second kappa shape index (κ2) is 9.94. The van der Waals surface area contributed by atoms with Gasteiger partial charge in [0, 0.05) is 35.2 Å². The third-order valence-electron chi connectivity index (χ3n) is 2.89. The summed E-state index contributed by atoms with van der Waals surface area (Å²) in [7, 11) is 1.67. The summed E-state index contributed by atoms with van der Waals surface area (Å²) in [5.74, 6) is -1.30. The molecule has 114 valence electrons. The van der Waals surface area contributed by atoms with Crippen molar-refractivity contribution in [3.8, 4) is 0 Å². The molecule has 2 rings (SSSR count). The summed E-state index contributed by atoms with van der Waals surface area (Å²) in [6.45, 7) is 0. The minimum Gasteiger partial charge on any atom is -0.550 e. The van der Waals surface area contributed by atoms with Gasteiger partial charge in [-0.2, -0.15) is 0 Å². The Morgan fingerprint density at radius 2 is 1.64 bits per heavy atom. The molecular weight excluding hydrogens is 365 g/mol. The van der Waals surface area contributed by atoms with Crippen molar-refractivity contribution in [1.29, 1.82) is 0 Å². The molecule has 0 saturated carbocycles. The van der Waals surface area contributed by atoms with Gasteiger partial charge in [-0.05, 0) is 36.4 Å². The van der Waals surface area contributed by atoms with Crippen LogP contribution < -0.4 is 34.7 Å². The molecular formula is C14H15BrNNaO5. The molecule has 6 nitrogen and oxygen atoms in total. The molecule has 0 atom stereocenters. The number of aliphatic carboxylic acids is 1. The molecule has 1 aromatic heterocycles. The summed E-state index contributed by atoms with van der Waals surface area (Å²) >= 11 is 3.31. The quantitative estimate of drug-likeness (QED) is 0.407. The standard InChI is InChI=1S/C14H12BrNO3.Na.2H2O/c1-16-11(8-13(17)18)6-7-12(16)14(19)9-2-4-10(15)5-3-9;;;/h2-7H,8H2,1H3,(H,17,18);;2*1H2/q;+1;;/p-1. The van der Waals surface area contributed by atoms with Crippen LogP contribution in [0.15, 0.2) is 40.9 Å². The number of carboxylic acids is 1. The summed E-state index contributed by atoms with van der Waals surface area (Å²) in [4.78, 5) is 22.9. The molecule has 4 N–H and O–H groups in total. The minimum absolute atomic E-state index is 0. The van der Waals surface area contributed by atoms with Gasteiger partial charge in [-0.15, -0.1) is 0 Å². The van der Waals surface area contributed by atoms with E-state index >= 15 is 0 Å². The van der Waals surface area contributed by atoms with Gasteiger partial charge < -0.3 is 25.4 Å². The fourth-order valence-corrected chi connectivity index (χ4v) is 2.12. The van der Waals surface area contributed by atoms with Gasteiger partial charge in [0.2, 0.25) is 5.78 Å². The Morgan fingerprint density at radius 1 is 1.09 bits per heavy atom. The van der Waals surface area contributed by atoms with Crippen LogP contribution in [0.4, 0.5) is 0 Å². The molecule has 1 aromatic carbocycles. The third kappa shape index (κ3) is 5.35. The van der Waals surface area contributed by atoms with Crippen molar-refractivity contribution >= 4 is 27.7 Å². The minimum atomic E-state index is -1.16. The van der Waals surface area contributed by atoms with Crippen LogP contribution in [0.2, 0.25) is 0 Å². The van der Waals surface area contributed by atoms with E-state index in [1.54, 1.807) is 48.0 Å². The van der Waals surface area contributed by atoms with Gasteiger partial charge in [-0.25, -0.2) is 0 Å². The fourth-order valence-electron chi connectivity index (χ4n) is 1.86. The first-order chi connectivity index (χ1) is 8.99. The first-order valence-electron chi connectivity index (χ1n) is 5.63. The number of rotatable bonds is 4. The van der Waals surface area contributed by atoms with Gasteiger partial charge in [-0.3, -0.25) is 4.79 Å². The molecule has 8 heteroatoms. The van der Waals surface area contributed by atoms with Crippen molar-refractivity contribution in [2.24, 2.45) is 7.05 Å². The van der Waals surface area contributed by atoms with E-state index in [1.165, 1.54) is 0 Å². The first-order valence-corrected chi connectivity index (χ1v) is 6.43. The number of benzene rings is 1. The molecule has 0 aliphatic heterocycles. The van der Waals surface area contributed by atoms with E-state index in [9.17, 15) is 14.7 Å². The van der Waals surface area contributed by atoms with E-state index in [0.29, 0.717) is 17.0 Å². The summed E-state index contributed by atoms with van der Waals surface area (Å²) in [6, 6.07) is 10.3. The van der Waals surface area contributed by atoms with E-state index in [-0.39, 0.29) is 52.7 Å². The predicted molar refractivity (Wildman–Crippen MR) is 78.9 cm³/mol. The van der Waals surface area contributed by atoms with Crippen LogP contribution in [0.1, 0.15) is 21.7 Å². The topological polar surface area (TPSA) is 125 Å². The van der Waals surface area contributed by atoms with E-state index in [4.69, 9.17) is 0 Å². The number of hydrogen-bond donors (Lipinski definition) is 0. The summed E-state index contributed by atoms with van der Waals surface area (Å²) in [5.41, 5.74) is 1.56. The number of carboxylic acid groups (broad SMARTS) is 1. The van der Waals surface area contributed by atoms with Crippen molar-refractivity contribution in [2.75, 3.05) is 0 Å².